The molecule has 2 N–H and O–H groups in total. The van der Waals surface area contributed by atoms with Crippen LogP contribution in [0.4, 0.5) is 0 Å². The quantitative estimate of drug-likeness (QED) is 0.825. The van der Waals surface area contributed by atoms with E-state index in [1.54, 1.807) is 30.7 Å². The van der Waals surface area contributed by atoms with Crippen LogP contribution in [0.15, 0.2) is 34.0 Å². The van der Waals surface area contributed by atoms with Crippen LogP contribution in [0.3, 0.4) is 0 Å². The first-order valence-corrected chi connectivity index (χ1v) is 7.09. The maximum absolute atomic E-state index is 12.1. The number of hydrogen-bond donors (Lipinski definition) is 2. The molecule has 0 radical (unpaired) electrons. The van der Waals surface area contributed by atoms with Crippen molar-refractivity contribution in [3.8, 4) is 0 Å². The van der Waals surface area contributed by atoms with E-state index in [-0.39, 0.29) is 5.03 Å². The van der Waals surface area contributed by atoms with E-state index in [0.717, 1.165) is 0 Å². The smallest absolute Gasteiger partial charge is 0.260 e. The molecule has 2 aromatic rings. The van der Waals surface area contributed by atoms with Gasteiger partial charge in [0.1, 0.15) is 17.6 Å². The summed E-state index contributed by atoms with van der Waals surface area (Å²) in [5.74, 6) is 0.928. The summed E-state index contributed by atoms with van der Waals surface area (Å²) in [5, 5.41) is 9.17. The fourth-order valence-electron chi connectivity index (χ4n) is 1.58. The molecule has 0 aliphatic heterocycles. The Hall–Kier alpha value is -1.64. The van der Waals surface area contributed by atoms with Crippen LogP contribution in [0, 0.1) is 6.92 Å². The van der Waals surface area contributed by atoms with Crippen molar-refractivity contribution >= 4 is 10.0 Å². The molecular formula is C11H15N3O4S. The second-order valence-electron chi connectivity index (χ2n) is 4.11. The lowest BCUT2D eigenvalue weighted by Gasteiger charge is -2.12. The highest BCUT2D eigenvalue weighted by Gasteiger charge is 2.25. The highest BCUT2D eigenvalue weighted by atomic mass is 32.2. The summed E-state index contributed by atoms with van der Waals surface area (Å²) >= 11 is 0. The van der Waals surface area contributed by atoms with Gasteiger partial charge in [0, 0.05) is 13.2 Å². The van der Waals surface area contributed by atoms with Crippen LogP contribution >= 0.6 is 0 Å². The normalized spacial score (nSPS) is 13.6. The van der Waals surface area contributed by atoms with Gasteiger partial charge in [0.25, 0.3) is 10.0 Å². The third kappa shape index (κ3) is 2.86. The number of imidazole rings is 1. The number of furan rings is 1. The summed E-state index contributed by atoms with van der Waals surface area (Å²) in [7, 11) is -2.10. The van der Waals surface area contributed by atoms with E-state index >= 15 is 0 Å². The van der Waals surface area contributed by atoms with Gasteiger partial charge in [-0.3, -0.25) is 0 Å². The first-order valence-electron chi connectivity index (χ1n) is 5.60. The Morgan fingerprint density at radius 1 is 1.58 bits per heavy atom. The van der Waals surface area contributed by atoms with E-state index in [1.165, 1.54) is 12.5 Å². The van der Waals surface area contributed by atoms with E-state index in [0.29, 0.717) is 11.6 Å². The molecule has 0 amide bonds. The molecule has 7 nitrogen and oxygen atoms in total. The molecule has 2 aromatic heterocycles. The van der Waals surface area contributed by atoms with Gasteiger partial charge < -0.3 is 14.1 Å². The minimum Gasteiger partial charge on any atom is -0.468 e. The molecule has 8 heteroatoms. The molecule has 0 spiro atoms. The standard InChI is InChI=1S/C11H15N3O4S/c1-8-12-11(6-14(8)2)19(16,17)13-9(7-15)10-4-3-5-18-10/h3-6,9,13,15H,7H2,1-2H3. The third-order valence-electron chi connectivity index (χ3n) is 2.73. The van der Waals surface area contributed by atoms with Crippen LogP contribution < -0.4 is 4.72 Å². The Morgan fingerprint density at radius 3 is 2.79 bits per heavy atom. The van der Waals surface area contributed by atoms with Crippen molar-refractivity contribution in [2.24, 2.45) is 7.05 Å². The van der Waals surface area contributed by atoms with Crippen LogP contribution in [0.25, 0.3) is 0 Å². The van der Waals surface area contributed by atoms with Crippen LogP contribution in [-0.2, 0) is 17.1 Å². The summed E-state index contributed by atoms with van der Waals surface area (Å²) < 4.78 is 33.3. The lowest BCUT2D eigenvalue weighted by atomic mass is 10.2. The van der Waals surface area contributed by atoms with Crippen molar-refractivity contribution < 1.29 is 17.9 Å². The number of aromatic nitrogens is 2. The van der Waals surface area contributed by atoms with Gasteiger partial charge in [-0.05, 0) is 19.1 Å². The topological polar surface area (TPSA) is 97.4 Å². The van der Waals surface area contributed by atoms with Gasteiger partial charge in [0.15, 0.2) is 5.03 Å². The predicted octanol–water partition coefficient (Wildman–Crippen LogP) is 0.333. The predicted molar refractivity (Wildman–Crippen MR) is 66.8 cm³/mol. The van der Waals surface area contributed by atoms with Gasteiger partial charge in [-0.2, -0.15) is 4.72 Å². The van der Waals surface area contributed by atoms with Crippen molar-refractivity contribution in [2.45, 2.75) is 18.0 Å². The van der Waals surface area contributed by atoms with Crippen LogP contribution in [0.1, 0.15) is 17.6 Å². The average molecular weight is 285 g/mol. The second kappa shape index (κ2) is 5.16. The van der Waals surface area contributed by atoms with Crippen molar-refractivity contribution in [3.05, 3.63) is 36.2 Å². The van der Waals surface area contributed by atoms with Crippen LogP contribution in [-0.4, -0.2) is 29.7 Å². The number of aryl methyl sites for hydroxylation is 2. The molecule has 1 unspecified atom stereocenters. The fourth-order valence-corrected chi connectivity index (χ4v) is 2.81. The van der Waals surface area contributed by atoms with Gasteiger partial charge >= 0.3 is 0 Å². The highest BCUT2D eigenvalue weighted by molar-refractivity contribution is 7.89. The first-order chi connectivity index (χ1) is 8.94. The summed E-state index contributed by atoms with van der Waals surface area (Å²) in [6.45, 7) is 1.30. The Kier molecular flexibility index (Phi) is 3.74. The van der Waals surface area contributed by atoms with Crippen LogP contribution in [0.5, 0.6) is 0 Å². The maximum Gasteiger partial charge on any atom is 0.260 e. The van der Waals surface area contributed by atoms with Gasteiger partial charge in [0.2, 0.25) is 0 Å². The zero-order chi connectivity index (χ0) is 14.0. The summed E-state index contributed by atoms with van der Waals surface area (Å²) in [6.07, 6.45) is 2.82. The van der Waals surface area contributed by atoms with Gasteiger partial charge in [-0.15, -0.1) is 0 Å². The van der Waals surface area contributed by atoms with Crippen molar-refractivity contribution in [3.63, 3.8) is 0 Å². The number of nitrogens with one attached hydrogen (secondary N) is 1. The SMILES string of the molecule is Cc1nc(S(=O)(=O)NC(CO)c2ccco2)cn1C. The van der Waals surface area contributed by atoms with E-state index in [9.17, 15) is 13.5 Å². The zero-order valence-corrected chi connectivity index (χ0v) is 11.4. The molecular weight excluding hydrogens is 270 g/mol. The number of hydrogen-bond acceptors (Lipinski definition) is 5. The number of nitrogens with zero attached hydrogens (tertiary/aromatic N) is 2. The van der Waals surface area contributed by atoms with Gasteiger partial charge in [-0.1, -0.05) is 0 Å². The van der Waals surface area contributed by atoms with E-state index in [4.69, 9.17) is 4.42 Å². The van der Waals surface area contributed by atoms with E-state index in [1.807, 2.05) is 0 Å². The molecule has 0 aromatic carbocycles. The minimum absolute atomic E-state index is 0.0856. The molecule has 2 rings (SSSR count). The molecule has 0 bridgehead atoms. The van der Waals surface area contributed by atoms with E-state index in [2.05, 4.69) is 9.71 Å². The molecule has 19 heavy (non-hydrogen) atoms. The average Bonchev–Trinajstić information content (AvgIpc) is 2.98. The Labute approximate surface area is 110 Å². The molecule has 0 fully saturated rings. The molecule has 1 atom stereocenters. The van der Waals surface area contributed by atoms with E-state index < -0.39 is 22.7 Å². The molecule has 104 valence electrons. The molecule has 2 heterocycles. The number of sulfonamides is 1. The van der Waals surface area contributed by atoms with Crippen molar-refractivity contribution in [1.82, 2.24) is 14.3 Å². The number of aliphatic hydroxyl groups excluding tert-OH is 1. The lowest BCUT2D eigenvalue weighted by molar-refractivity contribution is 0.241. The third-order valence-corrected chi connectivity index (χ3v) is 4.07. The Balaban J connectivity index is 2.25. The summed E-state index contributed by atoms with van der Waals surface area (Å²) in [5.41, 5.74) is 0. The Morgan fingerprint density at radius 2 is 2.32 bits per heavy atom. The van der Waals surface area contributed by atoms with Crippen LogP contribution in [0.2, 0.25) is 0 Å². The number of aliphatic hydroxyl groups is 1. The Bertz CT molecular complexity index is 626. The van der Waals surface area contributed by atoms with Gasteiger partial charge in [0.05, 0.1) is 12.9 Å². The number of rotatable bonds is 5. The first kappa shape index (κ1) is 13.8. The zero-order valence-electron chi connectivity index (χ0n) is 10.6. The largest absolute Gasteiger partial charge is 0.468 e. The summed E-state index contributed by atoms with van der Waals surface area (Å²) in [6, 6.07) is 2.38. The maximum atomic E-state index is 12.1. The van der Waals surface area contributed by atoms with Gasteiger partial charge in [-0.25, -0.2) is 13.4 Å². The molecule has 0 saturated carbocycles. The highest BCUT2D eigenvalue weighted by Crippen LogP contribution is 2.17. The second-order valence-corrected chi connectivity index (χ2v) is 5.77. The van der Waals surface area contributed by atoms with Crippen molar-refractivity contribution in [2.75, 3.05) is 6.61 Å². The monoisotopic (exact) mass is 285 g/mol. The van der Waals surface area contributed by atoms with Crippen molar-refractivity contribution in [1.29, 1.82) is 0 Å². The molecule has 0 aliphatic carbocycles. The lowest BCUT2D eigenvalue weighted by Crippen LogP contribution is -2.30. The fraction of sp³-hybridized carbons (Fsp3) is 0.364. The summed E-state index contributed by atoms with van der Waals surface area (Å²) in [4.78, 5) is 3.95. The molecule has 0 aliphatic rings. The molecule has 0 saturated heterocycles. The minimum atomic E-state index is -3.80.